The van der Waals surface area contributed by atoms with E-state index in [1.807, 2.05) is 11.8 Å². The fourth-order valence-corrected chi connectivity index (χ4v) is 2.60. The number of likely N-dealkylation sites (tertiary alicyclic amines) is 1. The topological polar surface area (TPSA) is 49.5 Å². The van der Waals surface area contributed by atoms with Gasteiger partial charge in [-0.25, -0.2) is 0 Å². The molecule has 3 N–H and O–H groups in total. The highest BCUT2D eigenvalue weighted by Crippen LogP contribution is 2.34. The van der Waals surface area contributed by atoms with E-state index < -0.39 is 11.7 Å². The number of nitrogens with two attached hydrogens (primary N) is 1. The van der Waals surface area contributed by atoms with Gasteiger partial charge in [-0.05, 0) is 30.0 Å². The van der Waals surface area contributed by atoms with Crippen LogP contribution in [-0.2, 0) is 12.7 Å². The van der Waals surface area contributed by atoms with Crippen LogP contribution in [-0.4, -0.2) is 29.2 Å². The third-order valence-electron chi connectivity index (χ3n) is 3.78. The van der Waals surface area contributed by atoms with Gasteiger partial charge in [-0.2, -0.15) is 13.2 Å². The van der Waals surface area contributed by atoms with E-state index in [1.54, 1.807) is 0 Å². The van der Waals surface area contributed by atoms with Gasteiger partial charge in [0.15, 0.2) is 0 Å². The number of nitrogen functional groups attached to an aromatic ring is 1. The SMILES string of the molecule is CC1CN(Cc2ccc(N)cc2C(F)(F)F)CCC1O. The van der Waals surface area contributed by atoms with Crippen molar-refractivity contribution in [3.63, 3.8) is 0 Å². The predicted octanol–water partition coefficient (Wildman–Crippen LogP) is 2.49. The molecule has 0 bridgehead atoms. The normalized spacial score (nSPS) is 24.9. The monoisotopic (exact) mass is 288 g/mol. The minimum Gasteiger partial charge on any atom is -0.399 e. The molecule has 0 radical (unpaired) electrons. The molecule has 1 aromatic rings. The van der Waals surface area contributed by atoms with Crippen molar-refractivity contribution < 1.29 is 18.3 Å². The summed E-state index contributed by atoms with van der Waals surface area (Å²) in [5, 5.41) is 9.66. The highest BCUT2D eigenvalue weighted by Gasteiger charge is 2.34. The molecule has 1 aliphatic rings. The molecule has 1 aliphatic heterocycles. The molecule has 6 heteroatoms. The Kier molecular flexibility index (Phi) is 4.25. The van der Waals surface area contributed by atoms with Crippen LogP contribution in [0.15, 0.2) is 18.2 Å². The predicted molar refractivity (Wildman–Crippen MR) is 70.9 cm³/mol. The number of hydrogen-bond donors (Lipinski definition) is 2. The number of rotatable bonds is 2. The lowest BCUT2D eigenvalue weighted by molar-refractivity contribution is -0.138. The first-order chi connectivity index (χ1) is 9.27. The molecule has 0 aromatic heterocycles. The molecule has 2 rings (SSSR count). The van der Waals surface area contributed by atoms with Crippen LogP contribution in [0, 0.1) is 5.92 Å². The second-order valence-electron chi connectivity index (χ2n) is 5.48. The Labute approximate surface area is 116 Å². The van der Waals surface area contributed by atoms with E-state index >= 15 is 0 Å². The van der Waals surface area contributed by atoms with Crippen molar-refractivity contribution in [1.29, 1.82) is 0 Å². The van der Waals surface area contributed by atoms with E-state index in [-0.39, 0.29) is 29.8 Å². The molecule has 2 atom stereocenters. The molecule has 1 saturated heterocycles. The van der Waals surface area contributed by atoms with Crippen LogP contribution in [0.25, 0.3) is 0 Å². The average molecular weight is 288 g/mol. The van der Waals surface area contributed by atoms with Crippen molar-refractivity contribution >= 4 is 5.69 Å². The summed E-state index contributed by atoms with van der Waals surface area (Å²) in [4.78, 5) is 1.94. The molecule has 1 fully saturated rings. The molecule has 3 nitrogen and oxygen atoms in total. The largest absolute Gasteiger partial charge is 0.416 e. The number of aliphatic hydroxyl groups excluding tert-OH is 1. The van der Waals surface area contributed by atoms with Crippen LogP contribution in [0.4, 0.5) is 18.9 Å². The van der Waals surface area contributed by atoms with E-state index in [9.17, 15) is 18.3 Å². The summed E-state index contributed by atoms with van der Waals surface area (Å²) in [5.74, 6) is 0.0758. The third-order valence-corrected chi connectivity index (χ3v) is 3.78. The van der Waals surface area contributed by atoms with E-state index in [0.29, 0.717) is 19.5 Å². The summed E-state index contributed by atoms with van der Waals surface area (Å²) in [5.41, 5.74) is 5.13. The van der Waals surface area contributed by atoms with E-state index in [2.05, 4.69) is 0 Å². The van der Waals surface area contributed by atoms with Gasteiger partial charge in [-0.1, -0.05) is 13.0 Å². The Morgan fingerprint density at radius 3 is 2.70 bits per heavy atom. The van der Waals surface area contributed by atoms with Crippen LogP contribution < -0.4 is 5.73 Å². The van der Waals surface area contributed by atoms with Crippen molar-refractivity contribution in [3.8, 4) is 0 Å². The van der Waals surface area contributed by atoms with Crippen molar-refractivity contribution in [2.24, 2.45) is 5.92 Å². The maximum atomic E-state index is 13.0. The number of hydrogen-bond acceptors (Lipinski definition) is 3. The molecule has 20 heavy (non-hydrogen) atoms. The zero-order valence-corrected chi connectivity index (χ0v) is 11.3. The minimum atomic E-state index is -4.40. The summed E-state index contributed by atoms with van der Waals surface area (Å²) in [6.45, 7) is 3.34. The van der Waals surface area contributed by atoms with Gasteiger partial charge in [0.25, 0.3) is 0 Å². The van der Waals surface area contributed by atoms with Crippen LogP contribution in [0.2, 0.25) is 0 Å². The van der Waals surface area contributed by atoms with Gasteiger partial charge in [0.2, 0.25) is 0 Å². The molecule has 0 amide bonds. The number of halogens is 3. The lowest BCUT2D eigenvalue weighted by Gasteiger charge is -2.34. The van der Waals surface area contributed by atoms with Gasteiger partial charge in [-0.15, -0.1) is 0 Å². The van der Waals surface area contributed by atoms with Crippen molar-refractivity contribution in [2.45, 2.75) is 32.2 Å². The van der Waals surface area contributed by atoms with Crippen molar-refractivity contribution in [2.75, 3.05) is 18.8 Å². The van der Waals surface area contributed by atoms with Crippen LogP contribution in [0.1, 0.15) is 24.5 Å². The summed E-state index contributed by atoms with van der Waals surface area (Å²) in [6, 6.07) is 3.91. The fraction of sp³-hybridized carbons (Fsp3) is 0.571. The number of alkyl halides is 3. The summed E-state index contributed by atoms with van der Waals surface area (Å²) < 4.78 is 39.0. The summed E-state index contributed by atoms with van der Waals surface area (Å²) in [7, 11) is 0. The highest BCUT2D eigenvalue weighted by atomic mass is 19.4. The average Bonchev–Trinajstić information content (AvgIpc) is 2.35. The maximum Gasteiger partial charge on any atom is 0.416 e. The second kappa shape index (κ2) is 5.61. The first kappa shape index (κ1) is 15.1. The third kappa shape index (κ3) is 3.43. The Morgan fingerprint density at radius 1 is 1.40 bits per heavy atom. The smallest absolute Gasteiger partial charge is 0.399 e. The van der Waals surface area contributed by atoms with Gasteiger partial charge in [0.05, 0.1) is 11.7 Å². The fourth-order valence-electron chi connectivity index (χ4n) is 2.60. The van der Waals surface area contributed by atoms with Gasteiger partial charge < -0.3 is 10.8 Å². The van der Waals surface area contributed by atoms with Gasteiger partial charge in [0.1, 0.15) is 0 Å². The van der Waals surface area contributed by atoms with E-state index in [4.69, 9.17) is 5.73 Å². The van der Waals surface area contributed by atoms with Crippen LogP contribution >= 0.6 is 0 Å². The number of benzene rings is 1. The Morgan fingerprint density at radius 2 is 2.10 bits per heavy atom. The molecular weight excluding hydrogens is 269 g/mol. The Bertz CT molecular complexity index is 476. The zero-order chi connectivity index (χ0) is 14.9. The first-order valence-electron chi connectivity index (χ1n) is 6.63. The zero-order valence-electron chi connectivity index (χ0n) is 11.3. The summed E-state index contributed by atoms with van der Waals surface area (Å²) in [6.07, 6.45) is -4.16. The lowest BCUT2D eigenvalue weighted by Crippen LogP contribution is -2.41. The minimum absolute atomic E-state index is 0.0758. The van der Waals surface area contributed by atoms with Crippen LogP contribution in [0.5, 0.6) is 0 Å². The molecule has 1 heterocycles. The van der Waals surface area contributed by atoms with Crippen molar-refractivity contribution in [3.05, 3.63) is 29.3 Å². The number of aliphatic hydroxyl groups is 1. The number of anilines is 1. The van der Waals surface area contributed by atoms with Gasteiger partial charge >= 0.3 is 6.18 Å². The Balaban J connectivity index is 2.17. The molecular formula is C14H19F3N2O. The maximum absolute atomic E-state index is 13.0. The molecule has 0 spiro atoms. The Hall–Kier alpha value is -1.27. The van der Waals surface area contributed by atoms with Gasteiger partial charge in [-0.3, -0.25) is 4.90 Å². The van der Waals surface area contributed by atoms with E-state index in [0.717, 1.165) is 6.07 Å². The number of nitrogens with zero attached hydrogens (tertiary/aromatic N) is 1. The first-order valence-corrected chi connectivity index (χ1v) is 6.63. The number of piperidine rings is 1. The quantitative estimate of drug-likeness (QED) is 0.822. The molecule has 0 saturated carbocycles. The van der Waals surface area contributed by atoms with E-state index in [1.165, 1.54) is 12.1 Å². The second-order valence-corrected chi connectivity index (χ2v) is 5.48. The van der Waals surface area contributed by atoms with Crippen LogP contribution in [0.3, 0.4) is 0 Å². The molecule has 2 unspecified atom stereocenters. The summed E-state index contributed by atoms with van der Waals surface area (Å²) >= 11 is 0. The van der Waals surface area contributed by atoms with Gasteiger partial charge in [0, 0.05) is 25.3 Å². The van der Waals surface area contributed by atoms with Crippen molar-refractivity contribution in [1.82, 2.24) is 4.90 Å². The standard InChI is InChI=1S/C14H19F3N2O/c1-9-7-19(5-4-13(9)20)8-10-2-3-11(18)6-12(10)14(15,16)17/h2-3,6,9,13,20H,4-5,7-8,18H2,1H3. The molecule has 1 aromatic carbocycles. The molecule has 112 valence electrons. The highest BCUT2D eigenvalue weighted by molar-refractivity contribution is 5.46. The molecule has 0 aliphatic carbocycles. The lowest BCUT2D eigenvalue weighted by atomic mass is 9.95.